The fourth-order valence-corrected chi connectivity index (χ4v) is 2.61. The van der Waals surface area contributed by atoms with Crippen LogP contribution in [0.15, 0.2) is 6.07 Å². The summed E-state index contributed by atoms with van der Waals surface area (Å²) in [7, 11) is 1.90. The molecule has 2 N–H and O–H groups in total. The van der Waals surface area contributed by atoms with Crippen LogP contribution in [-0.4, -0.2) is 23.6 Å². The molecule has 0 unspecified atom stereocenters. The number of anilines is 2. The average Bonchev–Trinajstić information content (AvgIpc) is 2.36. The number of hydrogen-bond acceptors (Lipinski definition) is 4. The molecule has 0 amide bonds. The van der Waals surface area contributed by atoms with Crippen molar-refractivity contribution in [3.05, 3.63) is 11.9 Å². The Labute approximate surface area is 122 Å². The Morgan fingerprint density at radius 2 is 1.85 bits per heavy atom. The van der Waals surface area contributed by atoms with Crippen LogP contribution < -0.4 is 10.6 Å². The molecule has 4 nitrogen and oxygen atoms in total. The fraction of sp³-hybridized carbons (Fsp3) is 0.750. The van der Waals surface area contributed by atoms with E-state index in [4.69, 9.17) is 0 Å². The van der Waals surface area contributed by atoms with Gasteiger partial charge in [-0.2, -0.15) is 0 Å². The van der Waals surface area contributed by atoms with Crippen molar-refractivity contribution < 1.29 is 0 Å². The van der Waals surface area contributed by atoms with Crippen molar-refractivity contribution in [1.82, 2.24) is 9.97 Å². The highest BCUT2D eigenvalue weighted by molar-refractivity contribution is 5.48. The lowest BCUT2D eigenvalue weighted by atomic mass is 9.67. The first-order valence-corrected chi connectivity index (χ1v) is 7.70. The largest absolute Gasteiger partial charge is 0.373 e. The lowest BCUT2D eigenvalue weighted by Gasteiger charge is -2.41. The molecule has 0 saturated heterocycles. The van der Waals surface area contributed by atoms with E-state index in [-0.39, 0.29) is 5.41 Å². The highest BCUT2D eigenvalue weighted by Crippen LogP contribution is 2.43. The van der Waals surface area contributed by atoms with E-state index < -0.39 is 0 Å². The van der Waals surface area contributed by atoms with Gasteiger partial charge in [0.1, 0.15) is 17.5 Å². The van der Waals surface area contributed by atoms with Crippen LogP contribution in [0.1, 0.15) is 59.2 Å². The average molecular weight is 276 g/mol. The summed E-state index contributed by atoms with van der Waals surface area (Å²) in [4.78, 5) is 9.25. The van der Waals surface area contributed by atoms with E-state index in [0.29, 0.717) is 5.41 Å². The molecule has 1 fully saturated rings. The standard InChI is InChI=1S/C16H28N4/c1-6-16(8-7-9-16)11-18-13-10-12(17-5)19-14(20-13)15(2,3)4/h10H,6-9,11H2,1-5H3,(H2,17,18,19,20). The van der Waals surface area contributed by atoms with Gasteiger partial charge in [-0.25, -0.2) is 9.97 Å². The van der Waals surface area contributed by atoms with E-state index in [1.165, 1.54) is 25.7 Å². The summed E-state index contributed by atoms with van der Waals surface area (Å²) in [5, 5.41) is 6.66. The smallest absolute Gasteiger partial charge is 0.138 e. The predicted octanol–water partition coefficient (Wildman–Crippen LogP) is 3.81. The number of hydrogen-bond donors (Lipinski definition) is 2. The number of nitrogens with one attached hydrogen (secondary N) is 2. The molecule has 0 bridgehead atoms. The summed E-state index contributed by atoms with van der Waals surface area (Å²) in [6.45, 7) is 9.74. The van der Waals surface area contributed by atoms with Gasteiger partial charge in [0, 0.05) is 25.1 Å². The van der Waals surface area contributed by atoms with Gasteiger partial charge in [-0.3, -0.25) is 0 Å². The van der Waals surface area contributed by atoms with Crippen LogP contribution in [0, 0.1) is 5.41 Å². The topological polar surface area (TPSA) is 49.8 Å². The maximum atomic E-state index is 4.69. The minimum atomic E-state index is -0.0395. The monoisotopic (exact) mass is 276 g/mol. The van der Waals surface area contributed by atoms with Crippen LogP contribution in [0.3, 0.4) is 0 Å². The van der Waals surface area contributed by atoms with Crippen LogP contribution >= 0.6 is 0 Å². The first-order valence-electron chi connectivity index (χ1n) is 7.70. The SMILES string of the molecule is CCC1(CNc2cc(NC)nc(C(C)(C)C)n2)CCC1. The molecule has 2 rings (SSSR count). The highest BCUT2D eigenvalue weighted by Gasteiger charge is 2.34. The Bertz CT molecular complexity index is 453. The molecular weight excluding hydrogens is 248 g/mol. The molecule has 1 aliphatic carbocycles. The van der Waals surface area contributed by atoms with E-state index >= 15 is 0 Å². The molecule has 4 heteroatoms. The Balaban J connectivity index is 2.14. The molecule has 112 valence electrons. The predicted molar refractivity (Wildman–Crippen MR) is 85.3 cm³/mol. The summed E-state index contributed by atoms with van der Waals surface area (Å²) in [6, 6.07) is 2.00. The summed E-state index contributed by atoms with van der Waals surface area (Å²) in [5.74, 6) is 2.70. The van der Waals surface area contributed by atoms with Gasteiger partial charge in [-0.1, -0.05) is 34.1 Å². The van der Waals surface area contributed by atoms with E-state index in [1.54, 1.807) is 0 Å². The quantitative estimate of drug-likeness (QED) is 0.858. The normalized spacial score (nSPS) is 17.4. The van der Waals surface area contributed by atoms with Crippen LogP contribution in [0.25, 0.3) is 0 Å². The van der Waals surface area contributed by atoms with E-state index in [9.17, 15) is 0 Å². The van der Waals surface area contributed by atoms with E-state index in [1.807, 2.05) is 13.1 Å². The Kier molecular flexibility index (Phi) is 4.21. The fourth-order valence-electron chi connectivity index (χ4n) is 2.61. The second-order valence-electron chi connectivity index (χ2n) is 7.02. The molecule has 1 aromatic rings. The van der Waals surface area contributed by atoms with Crippen molar-refractivity contribution in [3.8, 4) is 0 Å². The third-order valence-corrected chi connectivity index (χ3v) is 4.46. The molecule has 0 aromatic carbocycles. The molecule has 1 aliphatic rings. The summed E-state index contributed by atoms with van der Waals surface area (Å²) >= 11 is 0. The van der Waals surface area contributed by atoms with Crippen molar-refractivity contribution >= 4 is 11.6 Å². The summed E-state index contributed by atoms with van der Waals surface area (Å²) < 4.78 is 0. The van der Waals surface area contributed by atoms with E-state index in [0.717, 1.165) is 24.0 Å². The van der Waals surface area contributed by atoms with E-state index in [2.05, 4.69) is 48.3 Å². The second kappa shape index (κ2) is 5.58. The zero-order valence-electron chi connectivity index (χ0n) is 13.5. The van der Waals surface area contributed by atoms with Gasteiger partial charge in [-0.05, 0) is 24.7 Å². The Morgan fingerprint density at radius 3 is 2.30 bits per heavy atom. The van der Waals surface area contributed by atoms with Gasteiger partial charge in [0.2, 0.25) is 0 Å². The number of aromatic nitrogens is 2. The lowest BCUT2D eigenvalue weighted by Crippen LogP contribution is -2.36. The highest BCUT2D eigenvalue weighted by atomic mass is 15.1. The molecule has 1 aromatic heterocycles. The van der Waals surface area contributed by atoms with Crippen LogP contribution in [0.2, 0.25) is 0 Å². The van der Waals surface area contributed by atoms with Crippen LogP contribution in [-0.2, 0) is 5.41 Å². The van der Waals surface area contributed by atoms with Gasteiger partial charge in [0.05, 0.1) is 0 Å². The zero-order valence-corrected chi connectivity index (χ0v) is 13.5. The maximum Gasteiger partial charge on any atom is 0.138 e. The first-order chi connectivity index (χ1) is 9.38. The van der Waals surface area contributed by atoms with Gasteiger partial charge in [0.15, 0.2) is 0 Å². The third-order valence-electron chi connectivity index (χ3n) is 4.46. The Hall–Kier alpha value is -1.32. The molecule has 0 atom stereocenters. The van der Waals surface area contributed by atoms with Crippen molar-refractivity contribution in [1.29, 1.82) is 0 Å². The molecule has 20 heavy (non-hydrogen) atoms. The van der Waals surface area contributed by atoms with Crippen LogP contribution in [0.4, 0.5) is 11.6 Å². The first kappa shape index (κ1) is 15.1. The second-order valence-corrected chi connectivity index (χ2v) is 7.02. The number of nitrogens with zero attached hydrogens (tertiary/aromatic N) is 2. The lowest BCUT2D eigenvalue weighted by molar-refractivity contribution is 0.145. The minimum Gasteiger partial charge on any atom is -0.373 e. The van der Waals surface area contributed by atoms with Gasteiger partial charge in [-0.15, -0.1) is 0 Å². The molecule has 1 saturated carbocycles. The Morgan fingerprint density at radius 1 is 1.20 bits per heavy atom. The van der Waals surface area contributed by atoms with Gasteiger partial charge < -0.3 is 10.6 Å². The molecule has 0 radical (unpaired) electrons. The molecule has 1 heterocycles. The number of rotatable bonds is 5. The van der Waals surface area contributed by atoms with Gasteiger partial charge >= 0.3 is 0 Å². The minimum absolute atomic E-state index is 0.0395. The van der Waals surface area contributed by atoms with Crippen LogP contribution in [0.5, 0.6) is 0 Å². The summed E-state index contributed by atoms with van der Waals surface area (Å²) in [5.41, 5.74) is 0.453. The van der Waals surface area contributed by atoms with Crippen molar-refractivity contribution in [2.24, 2.45) is 5.41 Å². The maximum absolute atomic E-state index is 4.69. The van der Waals surface area contributed by atoms with Crippen molar-refractivity contribution in [3.63, 3.8) is 0 Å². The third kappa shape index (κ3) is 3.22. The van der Waals surface area contributed by atoms with Crippen molar-refractivity contribution in [2.75, 3.05) is 24.2 Å². The molecular formula is C16H28N4. The van der Waals surface area contributed by atoms with Gasteiger partial charge in [0.25, 0.3) is 0 Å². The molecule has 0 aliphatic heterocycles. The van der Waals surface area contributed by atoms with Crippen molar-refractivity contribution in [2.45, 2.75) is 58.8 Å². The zero-order chi connectivity index (χ0) is 14.8. The molecule has 0 spiro atoms. The summed E-state index contributed by atoms with van der Waals surface area (Å²) in [6.07, 6.45) is 5.30.